The Hall–Kier alpha value is -2.82. The third kappa shape index (κ3) is 5.13. The summed E-state index contributed by atoms with van der Waals surface area (Å²) in [5.41, 5.74) is 1.81. The molecule has 8 nitrogen and oxygen atoms in total. The number of aromatic nitrogens is 4. The number of thiocarbonyl (C=S) groups is 1. The van der Waals surface area contributed by atoms with Crippen molar-refractivity contribution < 1.29 is 9.13 Å². The lowest BCUT2D eigenvalue weighted by Crippen LogP contribution is -2.47. The van der Waals surface area contributed by atoms with E-state index < -0.39 is 5.82 Å². The molecule has 1 fully saturated rings. The summed E-state index contributed by atoms with van der Waals surface area (Å²) in [6, 6.07) is 5.00. The highest BCUT2D eigenvalue weighted by Crippen LogP contribution is 2.32. The maximum atomic E-state index is 15.1. The minimum atomic E-state index is -0.447. The Labute approximate surface area is 208 Å². The van der Waals surface area contributed by atoms with E-state index >= 15 is 4.39 Å². The van der Waals surface area contributed by atoms with E-state index in [9.17, 15) is 0 Å². The van der Waals surface area contributed by atoms with Crippen molar-refractivity contribution >= 4 is 40.4 Å². The molecule has 0 amide bonds. The van der Waals surface area contributed by atoms with Crippen LogP contribution in [0, 0.1) is 5.82 Å². The summed E-state index contributed by atoms with van der Waals surface area (Å²) in [5.74, 6) is 0.222. The summed E-state index contributed by atoms with van der Waals surface area (Å²) in [6.45, 7) is 7.33. The van der Waals surface area contributed by atoms with E-state index in [4.69, 9.17) is 28.6 Å². The van der Waals surface area contributed by atoms with E-state index in [0.717, 1.165) is 26.2 Å². The van der Waals surface area contributed by atoms with Crippen LogP contribution in [-0.2, 0) is 0 Å². The number of methoxy groups -OCH3 is 1. The Morgan fingerprint density at radius 1 is 1.24 bits per heavy atom. The van der Waals surface area contributed by atoms with Gasteiger partial charge in [-0.25, -0.2) is 14.4 Å². The summed E-state index contributed by atoms with van der Waals surface area (Å²) in [7, 11) is 3.58. The number of halogens is 2. The molecule has 1 aromatic carbocycles. The Morgan fingerprint density at radius 3 is 2.62 bits per heavy atom. The molecule has 180 valence electrons. The molecule has 0 spiro atoms. The SMILES string of the molecule is COc1cc(C(=S)N2CCN(C)CC2)c(F)cc1Nc1ncc(Cl)c(-c2ccn(C(C)C)n2)n1. The number of hydrogen-bond acceptors (Lipinski definition) is 7. The maximum absolute atomic E-state index is 15.1. The molecule has 4 rings (SSSR count). The third-order valence-corrected chi connectivity index (χ3v) is 6.44. The first-order valence-electron chi connectivity index (χ1n) is 11.0. The predicted molar refractivity (Wildman–Crippen MR) is 136 cm³/mol. The fraction of sp³-hybridized carbons (Fsp3) is 0.391. The molecule has 3 heterocycles. The third-order valence-electron chi connectivity index (χ3n) is 5.68. The number of nitrogens with zero attached hydrogens (tertiary/aromatic N) is 6. The first-order chi connectivity index (χ1) is 16.3. The van der Waals surface area contributed by atoms with E-state index in [0.29, 0.717) is 38.4 Å². The topological polar surface area (TPSA) is 71.3 Å². The first kappa shape index (κ1) is 24.3. The van der Waals surface area contributed by atoms with Gasteiger partial charge in [0.05, 0.1) is 24.0 Å². The van der Waals surface area contributed by atoms with Gasteiger partial charge in [0.1, 0.15) is 27.9 Å². The van der Waals surface area contributed by atoms with Crippen LogP contribution in [-0.4, -0.2) is 74.9 Å². The van der Waals surface area contributed by atoms with Crippen molar-refractivity contribution in [1.29, 1.82) is 0 Å². The standard InChI is InChI=1S/C23H27ClFN7OS/c1-14(2)32-6-5-18(29-32)21-16(24)13-26-23(28-21)27-19-12-17(25)15(11-20(19)33-4)22(34)31-9-7-30(3)8-10-31/h5-6,11-14H,7-10H2,1-4H3,(H,26,27,28). The van der Waals surface area contributed by atoms with E-state index in [2.05, 4.69) is 32.3 Å². The molecular weight excluding hydrogens is 477 g/mol. The van der Waals surface area contributed by atoms with Gasteiger partial charge in [-0.15, -0.1) is 0 Å². The van der Waals surface area contributed by atoms with Crippen LogP contribution in [0.2, 0.25) is 5.02 Å². The van der Waals surface area contributed by atoms with Crippen LogP contribution in [0.4, 0.5) is 16.0 Å². The predicted octanol–water partition coefficient (Wildman–Crippen LogP) is 4.39. The highest BCUT2D eigenvalue weighted by Gasteiger charge is 2.22. The van der Waals surface area contributed by atoms with Crippen molar-refractivity contribution in [1.82, 2.24) is 29.5 Å². The molecule has 34 heavy (non-hydrogen) atoms. The van der Waals surface area contributed by atoms with Gasteiger partial charge in [-0.05, 0) is 33.0 Å². The average molecular weight is 504 g/mol. The van der Waals surface area contributed by atoms with Crippen molar-refractivity contribution in [2.24, 2.45) is 0 Å². The molecule has 0 aliphatic carbocycles. The van der Waals surface area contributed by atoms with Gasteiger partial charge in [-0.1, -0.05) is 23.8 Å². The zero-order valence-electron chi connectivity index (χ0n) is 19.5. The molecule has 1 aliphatic rings. The quantitative estimate of drug-likeness (QED) is 0.497. The highest BCUT2D eigenvalue weighted by atomic mass is 35.5. The molecule has 2 aromatic heterocycles. The molecule has 1 saturated heterocycles. The van der Waals surface area contributed by atoms with Gasteiger partial charge in [-0.3, -0.25) is 4.68 Å². The van der Waals surface area contributed by atoms with Gasteiger partial charge < -0.3 is 19.9 Å². The number of piperazine rings is 1. The maximum Gasteiger partial charge on any atom is 0.227 e. The number of anilines is 2. The van der Waals surface area contributed by atoms with Crippen LogP contribution in [0.5, 0.6) is 5.75 Å². The minimum Gasteiger partial charge on any atom is -0.495 e. The van der Waals surface area contributed by atoms with E-state index in [1.807, 2.05) is 35.7 Å². The highest BCUT2D eigenvalue weighted by molar-refractivity contribution is 7.80. The number of rotatable bonds is 6. The average Bonchev–Trinajstić information content (AvgIpc) is 3.31. The molecular formula is C23H27ClFN7OS. The van der Waals surface area contributed by atoms with E-state index in [1.165, 1.54) is 19.4 Å². The summed E-state index contributed by atoms with van der Waals surface area (Å²) in [5, 5.41) is 7.93. The van der Waals surface area contributed by atoms with Gasteiger partial charge in [0.25, 0.3) is 0 Å². The van der Waals surface area contributed by atoms with Crippen molar-refractivity contribution in [3.05, 3.63) is 47.0 Å². The van der Waals surface area contributed by atoms with Crippen LogP contribution in [0.15, 0.2) is 30.6 Å². The molecule has 0 saturated carbocycles. The second-order valence-electron chi connectivity index (χ2n) is 8.42. The van der Waals surface area contributed by atoms with Crippen molar-refractivity contribution in [3.8, 4) is 17.1 Å². The Kier molecular flexibility index (Phi) is 7.30. The van der Waals surface area contributed by atoms with E-state index in [-0.39, 0.29) is 12.0 Å². The lowest BCUT2D eigenvalue weighted by Gasteiger charge is -2.34. The van der Waals surface area contributed by atoms with E-state index in [1.54, 1.807) is 6.07 Å². The minimum absolute atomic E-state index is 0.203. The summed E-state index contributed by atoms with van der Waals surface area (Å²) < 4.78 is 22.5. The molecule has 0 bridgehead atoms. The van der Waals surface area contributed by atoms with Gasteiger partial charge in [-0.2, -0.15) is 5.10 Å². The fourth-order valence-electron chi connectivity index (χ4n) is 3.64. The Bertz CT molecular complexity index is 1190. The largest absolute Gasteiger partial charge is 0.495 e. The van der Waals surface area contributed by atoms with Crippen LogP contribution in [0.25, 0.3) is 11.4 Å². The van der Waals surface area contributed by atoms with Gasteiger partial charge in [0.15, 0.2) is 0 Å². The second-order valence-corrected chi connectivity index (χ2v) is 9.21. The number of ether oxygens (including phenoxy) is 1. The molecule has 11 heteroatoms. The summed E-state index contributed by atoms with van der Waals surface area (Å²) >= 11 is 11.9. The van der Waals surface area contributed by atoms with Crippen molar-refractivity contribution in [2.45, 2.75) is 19.9 Å². The monoisotopic (exact) mass is 503 g/mol. The smallest absolute Gasteiger partial charge is 0.227 e. The van der Waals surface area contributed by atoms with Crippen molar-refractivity contribution in [2.75, 3.05) is 45.7 Å². The zero-order chi connectivity index (χ0) is 24.4. The summed E-state index contributed by atoms with van der Waals surface area (Å²) in [6.07, 6.45) is 3.35. The molecule has 0 atom stereocenters. The fourth-order valence-corrected chi connectivity index (χ4v) is 4.17. The number of nitrogens with one attached hydrogen (secondary N) is 1. The van der Waals surface area contributed by atoms with Crippen LogP contribution < -0.4 is 10.1 Å². The normalized spacial score (nSPS) is 14.5. The van der Waals surface area contributed by atoms with Gasteiger partial charge in [0, 0.05) is 50.0 Å². The molecule has 0 unspecified atom stereocenters. The lowest BCUT2D eigenvalue weighted by atomic mass is 10.1. The van der Waals surface area contributed by atoms with Crippen molar-refractivity contribution in [3.63, 3.8) is 0 Å². The number of benzene rings is 1. The zero-order valence-corrected chi connectivity index (χ0v) is 21.1. The van der Waals surface area contributed by atoms with Crippen LogP contribution >= 0.6 is 23.8 Å². The Morgan fingerprint density at radius 2 is 1.97 bits per heavy atom. The molecule has 1 N–H and O–H groups in total. The second kappa shape index (κ2) is 10.2. The Balaban J connectivity index is 1.60. The summed E-state index contributed by atoms with van der Waals surface area (Å²) in [4.78, 5) is 13.5. The van der Waals surface area contributed by atoms with Crippen LogP contribution in [0.1, 0.15) is 25.5 Å². The van der Waals surface area contributed by atoms with Crippen LogP contribution in [0.3, 0.4) is 0 Å². The molecule has 1 aliphatic heterocycles. The first-order valence-corrected chi connectivity index (χ1v) is 11.8. The van der Waals surface area contributed by atoms with Gasteiger partial charge >= 0.3 is 0 Å². The molecule has 0 radical (unpaired) electrons. The van der Waals surface area contributed by atoms with Gasteiger partial charge in [0.2, 0.25) is 5.95 Å². The lowest BCUT2D eigenvalue weighted by molar-refractivity contribution is 0.217. The number of hydrogen-bond donors (Lipinski definition) is 1. The number of likely N-dealkylation sites (N-methyl/N-ethyl adjacent to an activating group) is 1. The molecule has 3 aromatic rings.